The number of nitrogens with zero attached hydrogens (tertiary/aromatic N) is 2. The average Bonchev–Trinajstić information content (AvgIpc) is 2.62. The Bertz CT molecular complexity index is 736. The van der Waals surface area contributed by atoms with Crippen molar-refractivity contribution in [1.29, 1.82) is 0 Å². The van der Waals surface area contributed by atoms with Crippen LogP contribution in [0.2, 0.25) is 0 Å². The van der Waals surface area contributed by atoms with Crippen LogP contribution in [0.15, 0.2) is 41.0 Å². The number of ether oxygens (including phenoxy) is 2. The number of anilines is 2. The minimum absolute atomic E-state index is 0.0222. The lowest BCUT2D eigenvalue weighted by Crippen LogP contribution is -2.36. The lowest BCUT2D eigenvalue weighted by molar-refractivity contribution is -0.118. The zero-order chi connectivity index (χ0) is 17.6. The number of hydrogen-bond donors (Lipinski definition) is 1. The number of aromatic nitrogens is 1. The van der Waals surface area contributed by atoms with Gasteiger partial charge in [0.2, 0.25) is 0 Å². The molecule has 3 rings (SSSR count). The van der Waals surface area contributed by atoms with Crippen LogP contribution in [0.25, 0.3) is 0 Å². The minimum Gasteiger partial charge on any atom is -0.481 e. The van der Waals surface area contributed by atoms with Crippen LogP contribution in [-0.2, 0) is 9.53 Å². The van der Waals surface area contributed by atoms with Gasteiger partial charge < -0.3 is 19.7 Å². The zero-order valence-corrected chi connectivity index (χ0v) is 15.0. The van der Waals surface area contributed by atoms with Gasteiger partial charge in [0.05, 0.1) is 25.1 Å². The van der Waals surface area contributed by atoms with Gasteiger partial charge in [-0.15, -0.1) is 0 Å². The minimum atomic E-state index is -0.532. The highest BCUT2D eigenvalue weighted by atomic mass is 79.9. The topological polar surface area (TPSA) is 63.7 Å². The van der Waals surface area contributed by atoms with Crippen LogP contribution < -0.4 is 15.0 Å². The highest BCUT2D eigenvalue weighted by molar-refractivity contribution is 9.10. The molecular weight excluding hydrogens is 393 g/mol. The van der Waals surface area contributed by atoms with Crippen molar-refractivity contribution >= 4 is 33.3 Å². The molecule has 1 aromatic carbocycles. The van der Waals surface area contributed by atoms with Gasteiger partial charge in [0.15, 0.2) is 18.2 Å². The molecular formula is C17H17BrFN3O3. The molecule has 0 spiro atoms. The molecule has 6 nitrogen and oxygen atoms in total. The Morgan fingerprint density at radius 3 is 2.80 bits per heavy atom. The number of halogens is 2. The average molecular weight is 410 g/mol. The highest BCUT2D eigenvalue weighted by Crippen LogP contribution is 2.21. The third-order valence-corrected chi connectivity index (χ3v) is 4.14. The zero-order valence-electron chi connectivity index (χ0n) is 13.4. The number of carbonyl (C=O) groups is 1. The molecule has 1 N–H and O–H groups in total. The van der Waals surface area contributed by atoms with E-state index in [1.807, 2.05) is 6.07 Å². The first-order valence-corrected chi connectivity index (χ1v) is 8.57. The van der Waals surface area contributed by atoms with E-state index in [1.165, 1.54) is 12.1 Å². The van der Waals surface area contributed by atoms with E-state index in [9.17, 15) is 9.18 Å². The molecule has 0 radical (unpaired) electrons. The lowest BCUT2D eigenvalue weighted by atomic mass is 10.3. The van der Waals surface area contributed by atoms with Crippen molar-refractivity contribution in [2.75, 3.05) is 43.1 Å². The molecule has 1 fully saturated rings. The third-order valence-electron chi connectivity index (χ3n) is 3.64. The first-order chi connectivity index (χ1) is 12.1. The van der Waals surface area contributed by atoms with Gasteiger partial charge in [-0.3, -0.25) is 4.79 Å². The molecule has 0 bridgehead atoms. The van der Waals surface area contributed by atoms with Gasteiger partial charge in [0, 0.05) is 17.6 Å². The Morgan fingerprint density at radius 1 is 1.32 bits per heavy atom. The molecule has 2 aromatic rings. The summed E-state index contributed by atoms with van der Waals surface area (Å²) in [5.74, 6) is -0.500. The first-order valence-electron chi connectivity index (χ1n) is 7.78. The predicted octanol–water partition coefficient (Wildman–Crippen LogP) is 2.84. The summed E-state index contributed by atoms with van der Waals surface area (Å²) in [7, 11) is 0. The van der Waals surface area contributed by atoms with Gasteiger partial charge in [-0.05, 0) is 30.3 Å². The Morgan fingerprint density at radius 2 is 2.12 bits per heavy atom. The Hall–Kier alpha value is -2.19. The highest BCUT2D eigenvalue weighted by Gasteiger charge is 2.12. The smallest absolute Gasteiger partial charge is 0.263 e. The van der Waals surface area contributed by atoms with Crippen LogP contribution in [0.4, 0.5) is 15.9 Å². The van der Waals surface area contributed by atoms with Gasteiger partial charge in [-0.2, -0.15) is 0 Å². The quantitative estimate of drug-likeness (QED) is 0.822. The van der Waals surface area contributed by atoms with E-state index < -0.39 is 11.7 Å². The van der Waals surface area contributed by atoms with Crippen LogP contribution >= 0.6 is 15.9 Å². The molecule has 1 aliphatic heterocycles. The third kappa shape index (κ3) is 4.90. The van der Waals surface area contributed by atoms with Crippen LogP contribution in [0, 0.1) is 5.82 Å². The fraction of sp³-hybridized carbons (Fsp3) is 0.294. The number of amides is 1. The summed E-state index contributed by atoms with van der Waals surface area (Å²) < 4.78 is 24.7. The van der Waals surface area contributed by atoms with E-state index in [0.717, 1.165) is 18.8 Å². The molecule has 8 heteroatoms. The van der Waals surface area contributed by atoms with E-state index in [0.29, 0.717) is 23.5 Å². The molecule has 1 amide bonds. The van der Waals surface area contributed by atoms with Crippen molar-refractivity contribution in [2.24, 2.45) is 0 Å². The van der Waals surface area contributed by atoms with Crippen molar-refractivity contribution < 1.29 is 18.7 Å². The SMILES string of the molecule is O=C(COc1ccc(Br)cc1F)Nc1ccc(N2CCOCC2)cn1. The number of nitrogens with one attached hydrogen (secondary N) is 1. The maximum atomic E-state index is 13.6. The maximum absolute atomic E-state index is 13.6. The van der Waals surface area contributed by atoms with Gasteiger partial charge in [-0.25, -0.2) is 9.37 Å². The predicted molar refractivity (Wildman–Crippen MR) is 95.5 cm³/mol. The van der Waals surface area contributed by atoms with Crippen LogP contribution in [-0.4, -0.2) is 43.8 Å². The van der Waals surface area contributed by atoms with E-state index in [2.05, 4.69) is 31.1 Å². The molecule has 132 valence electrons. The molecule has 2 heterocycles. The molecule has 0 atom stereocenters. The summed E-state index contributed by atoms with van der Waals surface area (Å²) in [6.07, 6.45) is 1.70. The Kier molecular flexibility index (Phi) is 5.83. The summed E-state index contributed by atoms with van der Waals surface area (Å²) in [5.41, 5.74) is 0.981. The molecule has 1 aliphatic rings. The monoisotopic (exact) mass is 409 g/mol. The number of carbonyl (C=O) groups excluding carboxylic acids is 1. The van der Waals surface area contributed by atoms with Crippen LogP contribution in [0.3, 0.4) is 0 Å². The number of pyridine rings is 1. The normalized spacial score (nSPS) is 14.2. The standard InChI is InChI=1S/C17H17BrFN3O3/c18-12-1-3-15(14(19)9-12)25-11-17(23)21-16-4-2-13(10-20-16)22-5-7-24-8-6-22/h1-4,9-10H,5-8,11H2,(H,20,21,23). The summed E-state index contributed by atoms with van der Waals surface area (Å²) in [5, 5.41) is 2.62. The number of hydrogen-bond acceptors (Lipinski definition) is 5. The van der Waals surface area contributed by atoms with Crippen molar-refractivity contribution in [3.63, 3.8) is 0 Å². The number of morpholine rings is 1. The van der Waals surface area contributed by atoms with E-state index >= 15 is 0 Å². The summed E-state index contributed by atoms with van der Waals surface area (Å²) in [4.78, 5) is 18.3. The summed E-state index contributed by atoms with van der Waals surface area (Å²) in [6.45, 7) is 2.73. The second-order valence-electron chi connectivity index (χ2n) is 5.41. The molecule has 0 aliphatic carbocycles. The van der Waals surface area contributed by atoms with Gasteiger partial charge in [0.1, 0.15) is 5.82 Å². The molecule has 1 saturated heterocycles. The van der Waals surface area contributed by atoms with Crippen molar-refractivity contribution in [2.45, 2.75) is 0 Å². The lowest BCUT2D eigenvalue weighted by Gasteiger charge is -2.28. The molecule has 25 heavy (non-hydrogen) atoms. The molecule has 1 aromatic heterocycles. The van der Waals surface area contributed by atoms with Crippen LogP contribution in [0.5, 0.6) is 5.75 Å². The fourth-order valence-corrected chi connectivity index (χ4v) is 2.72. The van der Waals surface area contributed by atoms with Gasteiger partial charge >= 0.3 is 0 Å². The molecule has 0 saturated carbocycles. The van der Waals surface area contributed by atoms with Gasteiger partial charge in [-0.1, -0.05) is 15.9 Å². The van der Waals surface area contributed by atoms with Crippen molar-refractivity contribution in [1.82, 2.24) is 4.98 Å². The number of rotatable bonds is 5. The Balaban J connectivity index is 1.52. The first kappa shape index (κ1) is 17.6. The summed E-state index contributed by atoms with van der Waals surface area (Å²) in [6, 6.07) is 8.00. The van der Waals surface area contributed by atoms with E-state index in [-0.39, 0.29) is 12.4 Å². The van der Waals surface area contributed by atoms with Gasteiger partial charge in [0.25, 0.3) is 5.91 Å². The Labute approximate surface area is 153 Å². The van der Waals surface area contributed by atoms with Crippen LogP contribution in [0.1, 0.15) is 0 Å². The fourth-order valence-electron chi connectivity index (χ4n) is 2.38. The second kappa shape index (κ2) is 8.26. The molecule has 0 unspecified atom stereocenters. The maximum Gasteiger partial charge on any atom is 0.263 e. The van der Waals surface area contributed by atoms with Crippen molar-refractivity contribution in [3.8, 4) is 5.75 Å². The van der Waals surface area contributed by atoms with Crippen molar-refractivity contribution in [3.05, 3.63) is 46.8 Å². The van der Waals surface area contributed by atoms with E-state index in [4.69, 9.17) is 9.47 Å². The van der Waals surface area contributed by atoms with E-state index in [1.54, 1.807) is 18.3 Å². The summed E-state index contributed by atoms with van der Waals surface area (Å²) >= 11 is 3.16. The largest absolute Gasteiger partial charge is 0.481 e. The second-order valence-corrected chi connectivity index (χ2v) is 6.33. The number of benzene rings is 1.